The van der Waals surface area contributed by atoms with E-state index in [2.05, 4.69) is 15.9 Å². The first-order valence-electron chi connectivity index (χ1n) is 9.74. The molecule has 0 atom stereocenters. The summed E-state index contributed by atoms with van der Waals surface area (Å²) in [4.78, 5) is 28.5. The van der Waals surface area contributed by atoms with Crippen LogP contribution in [0, 0.1) is 18.6 Å². The minimum atomic E-state index is -0.940. The Kier molecular flexibility index (Phi) is 5.53. The summed E-state index contributed by atoms with van der Waals surface area (Å²) in [5, 5.41) is 0. The molecule has 30 heavy (non-hydrogen) atoms. The van der Waals surface area contributed by atoms with Crippen molar-refractivity contribution in [1.82, 2.24) is 9.80 Å². The number of amides is 2. The smallest absolute Gasteiger partial charge is 0.410 e. The number of carbonyl (C=O) groups is 2. The number of aryl methyl sites for hydroxylation is 1. The number of ether oxygens (including phenoxy) is 1. The predicted molar refractivity (Wildman–Crippen MR) is 110 cm³/mol. The minimum Gasteiger partial charge on any atom is -0.441 e. The van der Waals surface area contributed by atoms with Crippen molar-refractivity contribution in [2.24, 2.45) is 0 Å². The van der Waals surface area contributed by atoms with Gasteiger partial charge in [-0.05, 0) is 48.4 Å². The van der Waals surface area contributed by atoms with Crippen molar-refractivity contribution in [3.05, 3.63) is 69.2 Å². The fourth-order valence-electron chi connectivity index (χ4n) is 4.01. The number of likely N-dealkylation sites (tertiary alicyclic amines) is 1. The summed E-state index contributed by atoms with van der Waals surface area (Å²) in [7, 11) is 0. The SMILES string of the molecule is Cc1cc(C(=O)N2CCC3(CC2)CN(Cc2ccc(F)c(F)c2)C(=O)O3)ccc1Br. The number of hydrogen-bond donors (Lipinski definition) is 0. The number of nitrogens with zero attached hydrogens (tertiary/aromatic N) is 2. The highest BCUT2D eigenvalue weighted by molar-refractivity contribution is 9.10. The van der Waals surface area contributed by atoms with E-state index in [1.807, 2.05) is 19.1 Å². The molecule has 0 radical (unpaired) electrons. The largest absolute Gasteiger partial charge is 0.441 e. The van der Waals surface area contributed by atoms with Crippen molar-refractivity contribution in [2.75, 3.05) is 19.6 Å². The summed E-state index contributed by atoms with van der Waals surface area (Å²) in [6.07, 6.45) is 0.603. The van der Waals surface area contributed by atoms with Gasteiger partial charge in [0.15, 0.2) is 11.6 Å². The molecule has 0 unspecified atom stereocenters. The van der Waals surface area contributed by atoms with E-state index in [4.69, 9.17) is 4.74 Å². The number of halogens is 3. The van der Waals surface area contributed by atoms with Crippen LogP contribution in [0.3, 0.4) is 0 Å². The van der Waals surface area contributed by atoms with E-state index in [0.29, 0.717) is 43.6 Å². The molecule has 2 fully saturated rings. The van der Waals surface area contributed by atoms with Gasteiger partial charge in [0.05, 0.1) is 6.54 Å². The zero-order chi connectivity index (χ0) is 21.5. The molecule has 4 rings (SSSR count). The van der Waals surface area contributed by atoms with Crippen molar-refractivity contribution in [2.45, 2.75) is 31.9 Å². The second kappa shape index (κ2) is 7.98. The third-order valence-corrected chi connectivity index (χ3v) is 6.66. The van der Waals surface area contributed by atoms with E-state index in [0.717, 1.165) is 22.2 Å². The Hall–Kier alpha value is -2.48. The van der Waals surface area contributed by atoms with Gasteiger partial charge in [-0.1, -0.05) is 22.0 Å². The van der Waals surface area contributed by atoms with E-state index in [-0.39, 0.29) is 12.5 Å². The van der Waals surface area contributed by atoms with Crippen LogP contribution in [0.15, 0.2) is 40.9 Å². The van der Waals surface area contributed by atoms with Crippen molar-refractivity contribution in [1.29, 1.82) is 0 Å². The molecule has 2 aromatic rings. The Morgan fingerprint density at radius 1 is 1.13 bits per heavy atom. The zero-order valence-corrected chi connectivity index (χ0v) is 18.0. The van der Waals surface area contributed by atoms with E-state index in [1.54, 1.807) is 11.0 Å². The summed E-state index contributed by atoms with van der Waals surface area (Å²) >= 11 is 3.44. The first kappa shape index (κ1) is 20.8. The fraction of sp³-hybridized carbons (Fsp3) is 0.364. The number of rotatable bonds is 3. The summed E-state index contributed by atoms with van der Waals surface area (Å²) in [5.41, 5.74) is 1.48. The minimum absolute atomic E-state index is 0.0385. The van der Waals surface area contributed by atoms with Crippen LogP contribution in [0.25, 0.3) is 0 Å². The molecule has 2 amide bonds. The van der Waals surface area contributed by atoms with Crippen LogP contribution in [0.1, 0.15) is 34.3 Å². The van der Waals surface area contributed by atoms with Gasteiger partial charge in [-0.25, -0.2) is 13.6 Å². The first-order chi connectivity index (χ1) is 14.3. The van der Waals surface area contributed by atoms with Crippen molar-refractivity contribution < 1.29 is 23.1 Å². The van der Waals surface area contributed by atoms with Gasteiger partial charge in [-0.3, -0.25) is 9.69 Å². The molecule has 0 bridgehead atoms. The Morgan fingerprint density at radius 2 is 1.87 bits per heavy atom. The van der Waals surface area contributed by atoms with Crippen LogP contribution >= 0.6 is 15.9 Å². The molecule has 8 heteroatoms. The molecule has 2 aliphatic heterocycles. The average molecular weight is 479 g/mol. The quantitative estimate of drug-likeness (QED) is 0.644. The summed E-state index contributed by atoms with van der Waals surface area (Å²) in [5.74, 6) is -1.90. The van der Waals surface area contributed by atoms with Gasteiger partial charge in [0.1, 0.15) is 5.60 Å². The Labute approximate surface area is 181 Å². The lowest BCUT2D eigenvalue weighted by Gasteiger charge is -2.37. The third-order valence-electron chi connectivity index (χ3n) is 5.77. The molecule has 158 valence electrons. The van der Waals surface area contributed by atoms with Crippen molar-refractivity contribution in [3.63, 3.8) is 0 Å². The van der Waals surface area contributed by atoms with Gasteiger partial charge in [-0.15, -0.1) is 0 Å². The predicted octanol–water partition coefficient (Wildman–Crippen LogP) is 4.66. The van der Waals surface area contributed by atoms with Crippen molar-refractivity contribution >= 4 is 27.9 Å². The zero-order valence-electron chi connectivity index (χ0n) is 16.5. The molecule has 0 saturated carbocycles. The van der Waals surface area contributed by atoms with Crippen LogP contribution in [-0.2, 0) is 11.3 Å². The third kappa shape index (κ3) is 4.05. The van der Waals surface area contributed by atoms with Crippen LogP contribution in [0.2, 0.25) is 0 Å². The van der Waals surface area contributed by atoms with Gasteiger partial charge in [0, 0.05) is 42.5 Å². The highest BCUT2D eigenvalue weighted by Gasteiger charge is 2.47. The van der Waals surface area contributed by atoms with E-state index < -0.39 is 23.3 Å². The van der Waals surface area contributed by atoms with Gasteiger partial charge < -0.3 is 9.64 Å². The van der Waals surface area contributed by atoms with E-state index in [1.165, 1.54) is 11.0 Å². The lowest BCUT2D eigenvalue weighted by Crippen LogP contribution is -2.48. The van der Waals surface area contributed by atoms with E-state index in [9.17, 15) is 18.4 Å². The van der Waals surface area contributed by atoms with Gasteiger partial charge in [0.25, 0.3) is 5.91 Å². The van der Waals surface area contributed by atoms with E-state index >= 15 is 0 Å². The standard InChI is InChI=1S/C22H21BrF2N2O3/c1-14-10-16(3-4-17(14)23)20(28)26-8-6-22(7-9-26)13-27(21(29)30-22)12-15-2-5-18(24)19(25)11-15/h2-5,10-11H,6-9,12-13H2,1H3. The van der Waals surface area contributed by atoms with Gasteiger partial charge >= 0.3 is 6.09 Å². The summed E-state index contributed by atoms with van der Waals surface area (Å²) in [6.45, 7) is 3.43. The number of benzene rings is 2. The fourth-order valence-corrected chi connectivity index (χ4v) is 4.26. The summed E-state index contributed by atoms with van der Waals surface area (Å²) in [6, 6.07) is 9.12. The second-order valence-corrected chi connectivity index (χ2v) is 8.77. The molecule has 0 aliphatic carbocycles. The molecule has 0 aromatic heterocycles. The number of piperidine rings is 1. The normalized spacial score (nSPS) is 18.1. The Balaban J connectivity index is 1.39. The molecular formula is C22H21BrF2N2O3. The number of carbonyl (C=O) groups excluding carboxylic acids is 2. The molecule has 2 saturated heterocycles. The van der Waals surface area contributed by atoms with Gasteiger partial charge in [-0.2, -0.15) is 0 Å². The summed E-state index contributed by atoms with van der Waals surface area (Å²) < 4.78 is 33.2. The lowest BCUT2D eigenvalue weighted by molar-refractivity contribution is 0.00312. The molecule has 5 nitrogen and oxygen atoms in total. The van der Waals surface area contributed by atoms with Crippen LogP contribution in [0.5, 0.6) is 0 Å². The number of hydrogen-bond acceptors (Lipinski definition) is 3. The molecule has 2 aliphatic rings. The monoisotopic (exact) mass is 478 g/mol. The van der Waals surface area contributed by atoms with Crippen LogP contribution < -0.4 is 0 Å². The first-order valence-corrected chi connectivity index (χ1v) is 10.5. The van der Waals surface area contributed by atoms with Gasteiger partial charge in [0.2, 0.25) is 0 Å². The maximum absolute atomic E-state index is 13.5. The highest BCUT2D eigenvalue weighted by Crippen LogP contribution is 2.34. The Morgan fingerprint density at radius 3 is 2.53 bits per heavy atom. The van der Waals surface area contributed by atoms with Crippen LogP contribution in [0.4, 0.5) is 13.6 Å². The lowest BCUT2D eigenvalue weighted by atomic mass is 9.91. The second-order valence-electron chi connectivity index (χ2n) is 7.91. The Bertz CT molecular complexity index is 1010. The maximum Gasteiger partial charge on any atom is 0.410 e. The molecule has 0 N–H and O–H groups in total. The molecule has 1 spiro atoms. The molecule has 2 aromatic carbocycles. The van der Waals surface area contributed by atoms with Crippen LogP contribution in [-0.4, -0.2) is 47.0 Å². The maximum atomic E-state index is 13.5. The van der Waals surface area contributed by atoms with Crippen molar-refractivity contribution in [3.8, 4) is 0 Å². The molecular weight excluding hydrogens is 458 g/mol. The topological polar surface area (TPSA) is 49.9 Å². The highest BCUT2D eigenvalue weighted by atomic mass is 79.9. The molecule has 2 heterocycles. The average Bonchev–Trinajstić information content (AvgIpc) is 3.01.